The van der Waals surface area contributed by atoms with Gasteiger partial charge in [0.05, 0.1) is 17.5 Å². The third-order valence-corrected chi connectivity index (χ3v) is 4.71. The van der Waals surface area contributed by atoms with Gasteiger partial charge in [-0.2, -0.15) is 10.1 Å². The van der Waals surface area contributed by atoms with Crippen LogP contribution in [0.3, 0.4) is 0 Å². The Labute approximate surface area is 138 Å². The van der Waals surface area contributed by atoms with Crippen LogP contribution in [-0.4, -0.2) is 27.1 Å². The van der Waals surface area contributed by atoms with E-state index in [4.69, 9.17) is 14.0 Å². The first-order valence-corrected chi connectivity index (χ1v) is 8.07. The second-order valence-corrected chi connectivity index (χ2v) is 6.31. The largest absolute Gasteiger partial charge is 0.454 e. The van der Waals surface area contributed by atoms with E-state index in [1.54, 1.807) is 6.20 Å². The molecule has 1 atom stereocenters. The number of aromatic amines is 1. The molecule has 1 aliphatic heterocycles. The summed E-state index contributed by atoms with van der Waals surface area (Å²) in [5.41, 5.74) is 2.54. The van der Waals surface area contributed by atoms with E-state index < -0.39 is 0 Å². The highest BCUT2D eigenvalue weighted by Gasteiger charge is 2.32. The number of fused-ring (bicyclic) bond motifs is 1. The van der Waals surface area contributed by atoms with Crippen LogP contribution in [0.15, 0.2) is 28.9 Å². The van der Waals surface area contributed by atoms with Crippen LogP contribution >= 0.6 is 0 Å². The molecule has 1 aliphatic carbocycles. The molecule has 7 heteroatoms. The van der Waals surface area contributed by atoms with Crippen molar-refractivity contribution in [2.45, 2.75) is 25.7 Å². The lowest BCUT2D eigenvalue weighted by molar-refractivity contribution is 0.174. The van der Waals surface area contributed by atoms with Gasteiger partial charge in [0.2, 0.25) is 6.79 Å². The van der Waals surface area contributed by atoms with Crippen LogP contribution in [0.4, 0.5) is 0 Å². The van der Waals surface area contributed by atoms with Gasteiger partial charge in [0.25, 0.3) is 5.89 Å². The van der Waals surface area contributed by atoms with Gasteiger partial charge in [0, 0.05) is 11.5 Å². The van der Waals surface area contributed by atoms with Crippen molar-refractivity contribution in [2.24, 2.45) is 5.92 Å². The van der Waals surface area contributed by atoms with E-state index in [-0.39, 0.29) is 6.79 Å². The van der Waals surface area contributed by atoms with Crippen LogP contribution in [0, 0.1) is 5.92 Å². The molecule has 1 aromatic carbocycles. The second kappa shape index (κ2) is 5.09. The third kappa shape index (κ3) is 2.16. The smallest absolute Gasteiger partial charge is 0.261 e. The highest BCUT2D eigenvalue weighted by Crippen LogP contribution is 2.42. The first-order valence-electron chi connectivity index (χ1n) is 8.07. The average molecular weight is 324 g/mol. The molecule has 1 unspecified atom stereocenters. The van der Waals surface area contributed by atoms with Crippen LogP contribution in [0.1, 0.15) is 31.5 Å². The molecule has 3 aromatic rings. The Morgan fingerprint density at radius 2 is 2.08 bits per heavy atom. The van der Waals surface area contributed by atoms with Crippen molar-refractivity contribution in [2.75, 3.05) is 6.79 Å². The Morgan fingerprint density at radius 1 is 1.21 bits per heavy atom. The Hall–Kier alpha value is -2.83. The Morgan fingerprint density at radius 3 is 2.96 bits per heavy atom. The molecule has 2 aliphatic rings. The summed E-state index contributed by atoms with van der Waals surface area (Å²) in [4.78, 5) is 4.58. The number of hydrogen-bond donors (Lipinski definition) is 1. The van der Waals surface area contributed by atoms with E-state index in [2.05, 4.69) is 27.3 Å². The van der Waals surface area contributed by atoms with Crippen LogP contribution in [0.5, 0.6) is 11.5 Å². The molecule has 122 valence electrons. The Balaban J connectivity index is 1.51. The number of nitrogens with zero attached hydrogens (tertiary/aromatic N) is 3. The van der Waals surface area contributed by atoms with Crippen LogP contribution < -0.4 is 9.47 Å². The van der Waals surface area contributed by atoms with E-state index >= 15 is 0 Å². The number of rotatable bonds is 4. The standard InChI is InChI=1S/C17H16N4O3/c1-9(10-2-3-10)16-19-17(24-21-16)12-7-18-20-15(12)11-4-5-13-14(6-11)23-8-22-13/h4-7,9-10H,2-3,8H2,1H3,(H,18,20). The summed E-state index contributed by atoms with van der Waals surface area (Å²) in [5, 5.41) is 11.3. The van der Waals surface area contributed by atoms with E-state index in [0.29, 0.717) is 17.7 Å². The Kier molecular flexibility index (Phi) is 2.88. The van der Waals surface area contributed by atoms with Gasteiger partial charge in [-0.25, -0.2) is 0 Å². The molecule has 1 N–H and O–H groups in total. The number of nitrogens with one attached hydrogen (secondary N) is 1. The van der Waals surface area contributed by atoms with Crippen molar-refractivity contribution in [3.05, 3.63) is 30.2 Å². The maximum atomic E-state index is 5.49. The molecule has 0 amide bonds. The minimum absolute atomic E-state index is 0.251. The van der Waals surface area contributed by atoms with Crippen molar-refractivity contribution in [3.8, 4) is 34.2 Å². The monoisotopic (exact) mass is 324 g/mol. The molecule has 5 rings (SSSR count). The van der Waals surface area contributed by atoms with Gasteiger partial charge in [0.15, 0.2) is 17.3 Å². The van der Waals surface area contributed by atoms with Crippen LogP contribution in [0.25, 0.3) is 22.7 Å². The fourth-order valence-corrected chi connectivity index (χ4v) is 3.06. The molecular formula is C17H16N4O3. The van der Waals surface area contributed by atoms with E-state index in [1.165, 1.54) is 12.8 Å². The van der Waals surface area contributed by atoms with Gasteiger partial charge in [0.1, 0.15) is 0 Å². The van der Waals surface area contributed by atoms with Crippen molar-refractivity contribution in [3.63, 3.8) is 0 Å². The average Bonchev–Trinajstić information content (AvgIpc) is 3.04. The van der Waals surface area contributed by atoms with Crippen molar-refractivity contribution in [1.82, 2.24) is 20.3 Å². The summed E-state index contributed by atoms with van der Waals surface area (Å²) < 4.78 is 16.3. The Bertz CT molecular complexity index is 897. The summed E-state index contributed by atoms with van der Waals surface area (Å²) in [6, 6.07) is 5.76. The predicted molar refractivity (Wildman–Crippen MR) is 84.6 cm³/mol. The van der Waals surface area contributed by atoms with Crippen molar-refractivity contribution >= 4 is 0 Å². The molecule has 7 nitrogen and oxygen atoms in total. The molecule has 1 fully saturated rings. The molecular weight excluding hydrogens is 308 g/mol. The fourth-order valence-electron chi connectivity index (χ4n) is 3.06. The maximum absolute atomic E-state index is 5.49. The minimum Gasteiger partial charge on any atom is -0.454 e. The zero-order valence-corrected chi connectivity index (χ0v) is 13.2. The maximum Gasteiger partial charge on any atom is 0.261 e. The summed E-state index contributed by atoms with van der Waals surface area (Å²) in [6.07, 6.45) is 4.21. The molecule has 0 saturated heterocycles. The summed E-state index contributed by atoms with van der Waals surface area (Å²) in [5.74, 6) is 3.75. The third-order valence-electron chi connectivity index (χ3n) is 4.71. The van der Waals surface area contributed by atoms with Crippen LogP contribution in [-0.2, 0) is 0 Å². The molecule has 24 heavy (non-hydrogen) atoms. The van der Waals surface area contributed by atoms with Gasteiger partial charge in [-0.3, -0.25) is 5.10 Å². The van der Waals surface area contributed by atoms with Crippen molar-refractivity contribution in [1.29, 1.82) is 0 Å². The van der Waals surface area contributed by atoms with Gasteiger partial charge in [-0.1, -0.05) is 12.1 Å². The normalized spacial score (nSPS) is 17.2. The van der Waals surface area contributed by atoms with E-state index in [1.807, 2.05) is 18.2 Å². The van der Waals surface area contributed by atoms with Gasteiger partial charge in [-0.15, -0.1) is 0 Å². The summed E-state index contributed by atoms with van der Waals surface area (Å²) in [7, 11) is 0. The lowest BCUT2D eigenvalue weighted by Gasteiger charge is -2.02. The van der Waals surface area contributed by atoms with Crippen LogP contribution in [0.2, 0.25) is 0 Å². The van der Waals surface area contributed by atoms with Crippen molar-refractivity contribution < 1.29 is 14.0 Å². The van der Waals surface area contributed by atoms with E-state index in [9.17, 15) is 0 Å². The molecule has 0 bridgehead atoms. The van der Waals surface area contributed by atoms with E-state index in [0.717, 1.165) is 34.1 Å². The zero-order chi connectivity index (χ0) is 16.1. The first kappa shape index (κ1) is 13.6. The fraction of sp³-hybridized carbons (Fsp3) is 0.353. The predicted octanol–water partition coefficient (Wildman–Crippen LogP) is 3.37. The molecule has 0 radical (unpaired) electrons. The van der Waals surface area contributed by atoms with Gasteiger partial charge in [-0.05, 0) is 37.0 Å². The quantitative estimate of drug-likeness (QED) is 0.792. The number of hydrogen-bond acceptors (Lipinski definition) is 6. The number of H-pyrrole nitrogens is 1. The second-order valence-electron chi connectivity index (χ2n) is 6.31. The topological polar surface area (TPSA) is 86.1 Å². The lowest BCUT2D eigenvalue weighted by atomic mass is 10.1. The van der Waals surface area contributed by atoms with Gasteiger partial charge >= 0.3 is 0 Å². The number of benzene rings is 1. The molecule has 0 spiro atoms. The highest BCUT2D eigenvalue weighted by molar-refractivity contribution is 5.77. The summed E-state index contributed by atoms with van der Waals surface area (Å²) >= 11 is 0. The number of aromatic nitrogens is 4. The minimum atomic E-state index is 0.251. The van der Waals surface area contributed by atoms with Gasteiger partial charge < -0.3 is 14.0 Å². The molecule has 1 saturated carbocycles. The zero-order valence-electron chi connectivity index (χ0n) is 13.2. The summed E-state index contributed by atoms with van der Waals surface area (Å²) in [6.45, 7) is 2.40. The molecule has 2 aromatic heterocycles. The first-order chi connectivity index (χ1) is 11.8. The number of ether oxygens (including phenoxy) is 2. The molecule has 3 heterocycles. The lowest BCUT2D eigenvalue weighted by Crippen LogP contribution is -1.97. The SMILES string of the molecule is CC(c1noc(-c2cn[nH]c2-c2ccc3c(c2)OCO3)n1)C1CC1. The highest BCUT2D eigenvalue weighted by atomic mass is 16.7.